The zero-order valence-corrected chi connectivity index (χ0v) is 19.8. The maximum atomic E-state index is 15.5. The number of halogens is 1. The van der Waals surface area contributed by atoms with Crippen molar-refractivity contribution >= 4 is 16.7 Å². The predicted octanol–water partition coefficient (Wildman–Crippen LogP) is 3.98. The molecule has 34 heavy (non-hydrogen) atoms. The van der Waals surface area contributed by atoms with Gasteiger partial charge in [-0.25, -0.2) is 4.39 Å². The maximum Gasteiger partial charge on any atom is 0.148 e. The van der Waals surface area contributed by atoms with Crippen LogP contribution in [0, 0.1) is 18.8 Å². The number of alkyl halides is 1. The van der Waals surface area contributed by atoms with E-state index in [2.05, 4.69) is 27.5 Å². The Bertz CT molecular complexity index is 1250. The van der Waals surface area contributed by atoms with Gasteiger partial charge in [0.2, 0.25) is 0 Å². The van der Waals surface area contributed by atoms with Gasteiger partial charge in [-0.15, -0.1) is 10.2 Å². The summed E-state index contributed by atoms with van der Waals surface area (Å²) in [5.41, 5.74) is 2.16. The molecule has 1 aromatic carbocycles. The van der Waals surface area contributed by atoms with Crippen LogP contribution in [0.2, 0.25) is 0 Å². The Morgan fingerprint density at radius 2 is 1.91 bits per heavy atom. The van der Waals surface area contributed by atoms with Gasteiger partial charge in [0.25, 0.3) is 0 Å². The number of aromatic nitrogens is 4. The van der Waals surface area contributed by atoms with Crippen molar-refractivity contribution in [2.24, 2.45) is 18.9 Å². The van der Waals surface area contributed by atoms with E-state index in [0.717, 1.165) is 46.4 Å². The normalized spacial score (nSPS) is 28.0. The fourth-order valence-corrected chi connectivity index (χ4v) is 5.99. The van der Waals surface area contributed by atoms with Crippen molar-refractivity contribution < 1.29 is 11.9 Å². The summed E-state index contributed by atoms with van der Waals surface area (Å²) in [6, 6.07) is 8.31. The average Bonchev–Trinajstić information content (AvgIpc) is 3.53. The molecular weight excluding hydrogens is 431 g/mol. The number of fused-ring (bicyclic) bond motifs is 2. The molecule has 4 heterocycles. The summed E-state index contributed by atoms with van der Waals surface area (Å²) in [4.78, 5) is 1.75. The van der Waals surface area contributed by atoms with Crippen LogP contribution in [0.15, 0.2) is 30.5 Å². The first-order valence-electron chi connectivity index (χ1n) is 13.3. The van der Waals surface area contributed by atoms with E-state index in [4.69, 9.17) is 7.48 Å². The van der Waals surface area contributed by atoms with Gasteiger partial charge < -0.3 is 10.1 Å². The van der Waals surface area contributed by atoms with Crippen LogP contribution in [0.4, 0.5) is 10.2 Å². The van der Waals surface area contributed by atoms with E-state index in [1.807, 2.05) is 42.2 Å². The van der Waals surface area contributed by atoms with Gasteiger partial charge in [-0.05, 0) is 55.4 Å². The molecule has 6 rings (SSSR count). The highest BCUT2D eigenvalue weighted by atomic mass is 19.1. The summed E-state index contributed by atoms with van der Waals surface area (Å²) in [6.07, 6.45) is 4.14. The first-order chi connectivity index (χ1) is 17.2. The third kappa shape index (κ3) is 4.18. The molecule has 3 aliphatic rings. The van der Waals surface area contributed by atoms with E-state index >= 15 is 4.39 Å². The minimum Gasteiger partial charge on any atom is -0.381 e. The van der Waals surface area contributed by atoms with Crippen LogP contribution in [0.1, 0.15) is 34.0 Å². The van der Waals surface area contributed by atoms with Crippen LogP contribution >= 0.6 is 0 Å². The fourth-order valence-electron chi connectivity index (χ4n) is 5.99. The average molecular weight is 467 g/mol. The molecular formula is C26H33FN6O. The number of rotatable bonds is 5. The quantitative estimate of drug-likeness (QED) is 0.614. The van der Waals surface area contributed by atoms with Crippen molar-refractivity contribution in [2.45, 2.75) is 44.3 Å². The topological polar surface area (TPSA) is 68.1 Å². The van der Waals surface area contributed by atoms with Gasteiger partial charge in [0.15, 0.2) is 0 Å². The Morgan fingerprint density at radius 1 is 1.15 bits per heavy atom. The molecule has 2 unspecified atom stereocenters. The molecule has 180 valence electrons. The number of benzene rings is 1. The smallest absolute Gasteiger partial charge is 0.148 e. The van der Waals surface area contributed by atoms with E-state index in [1.54, 1.807) is 4.90 Å². The summed E-state index contributed by atoms with van der Waals surface area (Å²) in [5.74, 6) is 1.48. The van der Waals surface area contributed by atoms with E-state index in [1.165, 1.54) is 0 Å². The van der Waals surface area contributed by atoms with Gasteiger partial charge in [-0.1, -0.05) is 6.07 Å². The van der Waals surface area contributed by atoms with Gasteiger partial charge in [0.05, 0.1) is 11.2 Å². The zero-order chi connectivity index (χ0) is 25.1. The van der Waals surface area contributed by atoms with Crippen molar-refractivity contribution in [1.29, 1.82) is 0 Å². The molecule has 0 radical (unpaired) electrons. The number of anilines is 1. The highest BCUT2D eigenvalue weighted by Crippen LogP contribution is 2.40. The Kier molecular flexibility index (Phi) is 4.97. The molecule has 3 aromatic rings. The number of likely N-dealkylation sites (tertiary alicyclic amines) is 1. The molecule has 7 nitrogen and oxygen atoms in total. The third-order valence-corrected chi connectivity index (χ3v) is 7.76. The monoisotopic (exact) mass is 466 g/mol. The van der Waals surface area contributed by atoms with Crippen LogP contribution in [-0.4, -0.2) is 69.4 Å². The lowest BCUT2D eigenvalue weighted by Crippen LogP contribution is -2.43. The summed E-state index contributed by atoms with van der Waals surface area (Å²) in [5, 5.41) is 18.1. The summed E-state index contributed by atoms with van der Waals surface area (Å²) >= 11 is 0. The molecule has 3 fully saturated rings. The second-order valence-corrected chi connectivity index (χ2v) is 10.2. The zero-order valence-electron chi connectivity index (χ0n) is 21.8. The van der Waals surface area contributed by atoms with Gasteiger partial charge >= 0.3 is 0 Å². The van der Waals surface area contributed by atoms with Crippen molar-refractivity contribution in [1.82, 2.24) is 24.9 Å². The Hall–Kier alpha value is -2.58. The van der Waals surface area contributed by atoms with Crippen molar-refractivity contribution in [3.8, 4) is 11.3 Å². The molecule has 0 spiro atoms. The molecule has 1 saturated carbocycles. The lowest BCUT2D eigenvalue weighted by atomic mass is 9.96. The molecule has 8 heteroatoms. The number of ether oxygens (including phenoxy) is 1. The van der Waals surface area contributed by atoms with Crippen LogP contribution in [0.3, 0.4) is 0 Å². The molecule has 2 atom stereocenters. The standard InChI is InChI=1S/C26H33FN6O/c1-17-21(3-4-24-22(17)15-32(2)31-24)23-5-6-25(30-29-23)28-20-11-18-13-33(14-19(18)12-20)16-26(27)7-9-34-10-8-26/h3-6,15,18-20H,7-14,16H2,1-2H3,(H,28,30)/i16D2. The Morgan fingerprint density at radius 3 is 2.62 bits per heavy atom. The molecule has 2 saturated heterocycles. The summed E-state index contributed by atoms with van der Waals surface area (Å²) < 4.78 is 39.8. The highest BCUT2D eigenvalue weighted by Gasteiger charge is 2.44. The lowest BCUT2D eigenvalue weighted by Gasteiger charge is -2.33. The third-order valence-electron chi connectivity index (χ3n) is 7.76. The van der Waals surface area contributed by atoms with Gasteiger partial charge in [0.1, 0.15) is 11.5 Å². The fraction of sp³-hybridized carbons (Fsp3) is 0.577. The lowest BCUT2D eigenvalue weighted by molar-refractivity contribution is -0.0248. The van der Waals surface area contributed by atoms with Crippen LogP contribution in [-0.2, 0) is 11.8 Å². The van der Waals surface area contributed by atoms with Crippen LogP contribution in [0.5, 0.6) is 0 Å². The van der Waals surface area contributed by atoms with Gasteiger partial charge in [-0.2, -0.15) is 5.10 Å². The number of nitrogens with one attached hydrogen (secondary N) is 1. The van der Waals surface area contributed by atoms with E-state index in [9.17, 15) is 0 Å². The predicted molar refractivity (Wildman–Crippen MR) is 130 cm³/mol. The number of hydrogen-bond acceptors (Lipinski definition) is 6. The second-order valence-electron chi connectivity index (χ2n) is 10.2. The van der Waals surface area contributed by atoms with Crippen molar-refractivity contribution in [3.63, 3.8) is 0 Å². The number of nitrogens with zero attached hydrogens (tertiary/aromatic N) is 5. The van der Waals surface area contributed by atoms with Crippen molar-refractivity contribution in [3.05, 3.63) is 36.0 Å². The van der Waals surface area contributed by atoms with Crippen LogP contribution < -0.4 is 5.32 Å². The molecule has 2 aliphatic heterocycles. The number of hydrogen-bond donors (Lipinski definition) is 1. The number of aryl methyl sites for hydroxylation is 2. The molecule has 0 amide bonds. The van der Waals surface area contributed by atoms with Crippen molar-refractivity contribution in [2.75, 3.05) is 38.1 Å². The Labute approximate surface area is 202 Å². The minimum absolute atomic E-state index is 0.125. The second kappa shape index (κ2) is 8.57. The van der Waals surface area contributed by atoms with E-state index < -0.39 is 12.2 Å². The molecule has 1 aliphatic carbocycles. The van der Waals surface area contributed by atoms with Gasteiger partial charge in [0, 0.05) is 78.6 Å². The minimum atomic E-state index is -1.96. The first kappa shape index (κ1) is 19.7. The molecule has 1 N–H and O–H groups in total. The largest absolute Gasteiger partial charge is 0.381 e. The first-order valence-corrected chi connectivity index (χ1v) is 12.3. The maximum absolute atomic E-state index is 15.5. The van der Waals surface area contributed by atoms with Gasteiger partial charge in [-0.3, -0.25) is 9.58 Å². The molecule has 0 bridgehead atoms. The Balaban J connectivity index is 1.09. The summed E-state index contributed by atoms with van der Waals surface area (Å²) in [6.45, 7) is 1.91. The molecule has 2 aromatic heterocycles. The SMILES string of the molecule is [2H]C([2H])(N1CC2CC(Nc3ccc(-c4ccc5nn(C)cc5c4C)nn3)CC2C1)C1(F)CCOCC1. The summed E-state index contributed by atoms with van der Waals surface area (Å²) in [7, 11) is 1.92. The van der Waals surface area contributed by atoms with E-state index in [-0.39, 0.29) is 18.9 Å². The van der Waals surface area contributed by atoms with E-state index in [0.29, 0.717) is 38.1 Å². The van der Waals surface area contributed by atoms with Crippen LogP contribution in [0.25, 0.3) is 22.2 Å². The highest BCUT2D eigenvalue weighted by molar-refractivity contribution is 5.88.